The highest BCUT2D eigenvalue weighted by atomic mass is 16.4. The molecule has 1 aromatic carbocycles. The summed E-state index contributed by atoms with van der Waals surface area (Å²) in [5.74, 6) is -2.16. The van der Waals surface area contributed by atoms with Crippen LogP contribution < -0.4 is 9.67 Å². The Morgan fingerprint density at radius 1 is 0.622 bits per heavy atom. The number of para-hydroxylation sites is 1. The molecule has 0 fully saturated rings. The van der Waals surface area contributed by atoms with E-state index in [4.69, 9.17) is 0 Å². The minimum absolute atomic E-state index is 0.0760. The number of aromatic nitrogens is 1. The van der Waals surface area contributed by atoms with Crippen LogP contribution in [0, 0.1) is 0 Å². The first-order valence-electron chi connectivity index (χ1n) is 18.6. The Morgan fingerprint density at radius 2 is 1.11 bits per heavy atom. The summed E-state index contributed by atoms with van der Waals surface area (Å²) < 4.78 is 2.39. The highest BCUT2D eigenvalue weighted by Gasteiger charge is 2.14. The maximum Gasteiger partial charge on any atom is 0.171 e. The molecule has 1 heterocycles. The van der Waals surface area contributed by atoms with E-state index in [1.54, 1.807) is 0 Å². The Bertz CT molecular complexity index is 1070. The molecule has 2 rings (SSSR count). The molecule has 0 aliphatic rings. The number of aryl methyl sites for hydroxylation is 2. The van der Waals surface area contributed by atoms with Gasteiger partial charge in [0.15, 0.2) is 18.2 Å². The summed E-state index contributed by atoms with van der Waals surface area (Å²) >= 11 is 0. The van der Waals surface area contributed by atoms with Crippen molar-refractivity contribution >= 4 is 11.8 Å². The average Bonchev–Trinajstić information content (AvgIpc) is 3.03. The number of unbranched alkanes of at least 4 members (excludes halogenated alkanes) is 21. The van der Waals surface area contributed by atoms with Gasteiger partial charge in [-0.15, -0.1) is 0 Å². The Balaban J connectivity index is 1.40. The van der Waals surface area contributed by atoms with E-state index >= 15 is 0 Å². The number of pyridine rings is 1. The van der Waals surface area contributed by atoms with Crippen LogP contribution in [0.4, 0.5) is 0 Å². The summed E-state index contributed by atoms with van der Waals surface area (Å²) in [6.07, 6.45) is 36.0. The zero-order valence-corrected chi connectivity index (χ0v) is 28.5. The molecule has 252 valence electrons. The predicted octanol–water partition coefficient (Wildman–Crippen LogP) is 9.85. The van der Waals surface area contributed by atoms with Gasteiger partial charge in [0.05, 0.1) is 11.5 Å². The fourth-order valence-corrected chi connectivity index (χ4v) is 6.27. The molecule has 0 aliphatic carbocycles. The van der Waals surface area contributed by atoms with Crippen molar-refractivity contribution in [2.24, 2.45) is 0 Å². The second kappa shape index (κ2) is 25.5. The van der Waals surface area contributed by atoms with E-state index in [0.717, 1.165) is 32.2 Å². The Hall–Kier alpha value is -2.69. The number of hydrogen-bond donors (Lipinski definition) is 1. The summed E-state index contributed by atoms with van der Waals surface area (Å²) in [6, 6.07) is 8.67. The zero-order valence-electron chi connectivity index (χ0n) is 28.5. The van der Waals surface area contributed by atoms with Crippen molar-refractivity contribution in [3.8, 4) is 5.75 Å². The lowest BCUT2D eigenvalue weighted by atomic mass is 10.00. The minimum atomic E-state index is -1.47. The summed E-state index contributed by atoms with van der Waals surface area (Å²) in [4.78, 5) is 23.4. The van der Waals surface area contributed by atoms with Gasteiger partial charge in [-0.1, -0.05) is 135 Å². The third-order valence-electron chi connectivity index (χ3n) is 9.11. The van der Waals surface area contributed by atoms with Crippen molar-refractivity contribution in [3.63, 3.8) is 0 Å². The average molecular weight is 622 g/mol. The van der Waals surface area contributed by atoms with Crippen LogP contribution >= 0.6 is 0 Å². The Morgan fingerprint density at radius 3 is 1.67 bits per heavy atom. The van der Waals surface area contributed by atoms with Gasteiger partial charge >= 0.3 is 0 Å². The van der Waals surface area contributed by atoms with E-state index in [2.05, 4.69) is 36.0 Å². The number of carbonyl (C=O) groups is 2. The van der Waals surface area contributed by atoms with Crippen LogP contribution in [0.2, 0.25) is 0 Å². The molecule has 45 heavy (non-hydrogen) atoms. The van der Waals surface area contributed by atoms with Gasteiger partial charge in [-0.3, -0.25) is 4.79 Å². The van der Waals surface area contributed by atoms with E-state index in [0.29, 0.717) is 6.42 Å². The maximum absolute atomic E-state index is 12.4. The molecule has 0 aliphatic heterocycles. The van der Waals surface area contributed by atoms with Crippen molar-refractivity contribution in [1.82, 2.24) is 0 Å². The molecular weight excluding hydrogens is 558 g/mol. The molecule has 0 radical (unpaired) electrons. The third-order valence-corrected chi connectivity index (χ3v) is 9.11. The number of hydrogen-bond acceptors (Lipinski definition) is 4. The number of aromatic carboxylic acids is 1. The molecule has 0 saturated carbocycles. The molecule has 0 amide bonds. The van der Waals surface area contributed by atoms with Crippen molar-refractivity contribution in [1.29, 1.82) is 0 Å². The third kappa shape index (κ3) is 18.1. The van der Waals surface area contributed by atoms with Gasteiger partial charge in [-0.05, 0) is 43.9 Å². The van der Waals surface area contributed by atoms with Crippen LogP contribution in [0.1, 0.15) is 187 Å². The molecule has 0 spiro atoms. The number of Topliss-reactive ketones (excluding diaryl/α,β-unsaturated/α-hetero) is 1. The smallest absolute Gasteiger partial charge is 0.171 e. The van der Waals surface area contributed by atoms with Crippen molar-refractivity contribution < 1.29 is 24.4 Å². The number of aromatic hydroxyl groups is 1. The SMILES string of the molecule is CCCCCCCCCCCCCCCC[n+]1cccc(CCCCCCCCCCCC(=O)c2cccc(C(=O)[O-])c2O)c1. The van der Waals surface area contributed by atoms with Crippen LogP contribution in [0.25, 0.3) is 0 Å². The van der Waals surface area contributed by atoms with Crippen molar-refractivity contribution in [3.05, 3.63) is 59.4 Å². The van der Waals surface area contributed by atoms with E-state index in [1.165, 1.54) is 152 Å². The molecule has 2 aromatic rings. The van der Waals surface area contributed by atoms with Gasteiger partial charge in [0.1, 0.15) is 12.3 Å². The first-order valence-corrected chi connectivity index (χ1v) is 18.6. The van der Waals surface area contributed by atoms with Crippen LogP contribution in [-0.4, -0.2) is 16.9 Å². The van der Waals surface area contributed by atoms with Crippen LogP contribution in [0.5, 0.6) is 5.75 Å². The largest absolute Gasteiger partial charge is 0.545 e. The number of carbonyl (C=O) groups excluding carboxylic acids is 2. The first-order chi connectivity index (χ1) is 22.0. The Kier molecular flexibility index (Phi) is 21.8. The van der Waals surface area contributed by atoms with E-state index < -0.39 is 11.7 Å². The van der Waals surface area contributed by atoms with E-state index in [-0.39, 0.29) is 16.9 Å². The molecule has 0 saturated heterocycles. The number of carboxylic acid groups (broad SMARTS) is 1. The summed E-state index contributed by atoms with van der Waals surface area (Å²) in [7, 11) is 0. The second-order valence-corrected chi connectivity index (χ2v) is 13.1. The van der Waals surface area contributed by atoms with Crippen LogP contribution in [-0.2, 0) is 13.0 Å². The molecule has 5 heteroatoms. The highest BCUT2D eigenvalue weighted by molar-refractivity contribution is 6.02. The quantitative estimate of drug-likeness (QED) is 0.0557. The fraction of sp³-hybridized carbons (Fsp3) is 0.675. The van der Waals surface area contributed by atoms with Gasteiger partial charge in [0.25, 0.3) is 0 Å². The number of carboxylic acids is 1. The second-order valence-electron chi connectivity index (χ2n) is 13.1. The lowest BCUT2D eigenvalue weighted by molar-refractivity contribution is -0.697. The number of phenols is 1. The van der Waals surface area contributed by atoms with Gasteiger partial charge in [-0.2, -0.15) is 0 Å². The van der Waals surface area contributed by atoms with Gasteiger partial charge in [0, 0.05) is 30.0 Å². The lowest BCUT2D eigenvalue weighted by Crippen LogP contribution is -2.33. The topological polar surface area (TPSA) is 81.3 Å². The number of rotatable bonds is 29. The molecule has 0 bridgehead atoms. The number of nitrogens with zero attached hydrogens (tertiary/aromatic N) is 1. The molecular formula is C40H63NO4. The molecule has 1 aromatic heterocycles. The van der Waals surface area contributed by atoms with Crippen molar-refractivity contribution in [2.75, 3.05) is 0 Å². The monoisotopic (exact) mass is 621 g/mol. The first kappa shape index (κ1) is 38.5. The van der Waals surface area contributed by atoms with E-state index in [9.17, 15) is 19.8 Å². The minimum Gasteiger partial charge on any atom is -0.545 e. The predicted molar refractivity (Wildman–Crippen MR) is 184 cm³/mol. The maximum atomic E-state index is 12.4. The van der Waals surface area contributed by atoms with Gasteiger partial charge in [-0.25, -0.2) is 4.57 Å². The Labute approximate surface area is 274 Å². The standard InChI is InChI=1S/C40H63NO4/c1-2-3-4-5-6-7-8-9-10-11-15-18-21-24-32-41-33-26-28-35(34-41)27-22-19-16-13-12-14-17-20-23-31-38(42)36-29-25-30-37(39(36)43)40(44)45/h25-26,28-30,33-34H,2-24,27,31-32H2,1H3,(H-,42,43,44,45). The number of ketones is 1. The molecule has 5 nitrogen and oxygen atoms in total. The molecule has 0 unspecified atom stereocenters. The summed E-state index contributed by atoms with van der Waals surface area (Å²) in [6.45, 7) is 3.42. The molecule has 0 atom stereocenters. The summed E-state index contributed by atoms with van der Waals surface area (Å²) in [5, 5.41) is 21.1. The zero-order chi connectivity index (χ0) is 32.4. The van der Waals surface area contributed by atoms with E-state index in [1.807, 2.05) is 0 Å². The summed E-state index contributed by atoms with van der Waals surface area (Å²) in [5.41, 5.74) is 1.20. The number of benzene rings is 1. The van der Waals surface area contributed by atoms with Gasteiger partial charge < -0.3 is 15.0 Å². The molecule has 1 N–H and O–H groups in total. The van der Waals surface area contributed by atoms with Crippen LogP contribution in [0.3, 0.4) is 0 Å². The fourth-order valence-electron chi connectivity index (χ4n) is 6.27. The normalized spacial score (nSPS) is 11.2. The lowest BCUT2D eigenvalue weighted by Gasteiger charge is -2.09. The van der Waals surface area contributed by atoms with Gasteiger partial charge in [0.2, 0.25) is 0 Å². The highest BCUT2D eigenvalue weighted by Crippen LogP contribution is 2.24. The van der Waals surface area contributed by atoms with Crippen LogP contribution in [0.15, 0.2) is 42.7 Å². The van der Waals surface area contributed by atoms with Crippen molar-refractivity contribution in [2.45, 2.75) is 174 Å².